The summed E-state index contributed by atoms with van der Waals surface area (Å²) in [6.07, 6.45) is 0. The molecule has 0 fully saturated rings. The van der Waals surface area contributed by atoms with Crippen LogP contribution in [0.4, 0.5) is 0 Å². The van der Waals surface area contributed by atoms with E-state index in [2.05, 4.69) is 60.8 Å². The van der Waals surface area contributed by atoms with E-state index in [4.69, 9.17) is 0 Å². The van der Waals surface area contributed by atoms with E-state index >= 15 is 0 Å². The molecule has 0 aliphatic carbocycles. The highest BCUT2D eigenvalue weighted by atomic mass is 28.3. The first-order chi connectivity index (χ1) is 6.61. The van der Waals surface area contributed by atoms with E-state index < -0.39 is 0 Å². The van der Waals surface area contributed by atoms with Crippen molar-refractivity contribution in [3.8, 4) is 0 Å². The molecule has 2 radical (unpaired) electrons. The molecule has 1 aromatic rings. The fraction of sp³-hybridized carbons (Fsp3) is 0.455. The Morgan fingerprint density at radius 1 is 0.929 bits per heavy atom. The summed E-state index contributed by atoms with van der Waals surface area (Å²) in [7, 11) is -0.583. The first kappa shape index (κ1) is 11.7. The van der Waals surface area contributed by atoms with Gasteiger partial charge in [0.1, 0.15) is 17.9 Å². The summed E-state index contributed by atoms with van der Waals surface area (Å²) in [5, 5.41) is 0. The lowest BCUT2D eigenvalue weighted by Crippen LogP contribution is -2.42. The van der Waals surface area contributed by atoms with Gasteiger partial charge in [0.2, 0.25) is 0 Å². The van der Waals surface area contributed by atoms with Crippen molar-refractivity contribution in [3.05, 3.63) is 35.9 Å². The van der Waals surface area contributed by atoms with Crippen molar-refractivity contribution < 1.29 is 0 Å². The van der Waals surface area contributed by atoms with Gasteiger partial charge in [-0.25, -0.2) is 0 Å². The lowest BCUT2D eigenvalue weighted by molar-refractivity contribution is 0.646. The molecule has 0 aliphatic heterocycles. The Bertz CT molecular complexity index is 251. The molecule has 1 aromatic carbocycles. The molecule has 1 nitrogen and oxygen atoms in total. The van der Waals surface area contributed by atoms with Gasteiger partial charge in [0.15, 0.2) is 0 Å². The molecule has 76 valence electrons. The normalized spacial score (nSPS) is 11.6. The predicted molar refractivity (Wildman–Crippen MR) is 66.9 cm³/mol. The Morgan fingerprint density at radius 2 is 1.43 bits per heavy atom. The summed E-state index contributed by atoms with van der Waals surface area (Å²) in [6.45, 7) is 10.7. The SMILES string of the molecule is C[Si](C)N(Cc1ccccc1)[Si](C)C. The summed E-state index contributed by atoms with van der Waals surface area (Å²) in [5.41, 5.74) is 1.45. The van der Waals surface area contributed by atoms with Crippen molar-refractivity contribution in [2.75, 3.05) is 0 Å². The van der Waals surface area contributed by atoms with Gasteiger partial charge in [0.05, 0.1) is 0 Å². The van der Waals surface area contributed by atoms with E-state index in [9.17, 15) is 0 Å². The van der Waals surface area contributed by atoms with Crippen molar-refractivity contribution in [1.29, 1.82) is 0 Å². The topological polar surface area (TPSA) is 3.24 Å². The number of benzene rings is 1. The van der Waals surface area contributed by atoms with Gasteiger partial charge >= 0.3 is 0 Å². The Hall–Kier alpha value is -0.386. The fourth-order valence-corrected chi connectivity index (χ4v) is 6.10. The third-order valence-corrected chi connectivity index (χ3v) is 7.42. The number of nitrogens with zero attached hydrogens (tertiary/aromatic N) is 1. The van der Waals surface area contributed by atoms with Gasteiger partial charge in [0, 0.05) is 6.54 Å². The predicted octanol–water partition coefficient (Wildman–Crippen LogP) is 2.99. The van der Waals surface area contributed by atoms with Gasteiger partial charge in [-0.1, -0.05) is 56.5 Å². The number of hydrogen-bond donors (Lipinski definition) is 0. The van der Waals surface area contributed by atoms with Gasteiger partial charge in [-0.15, -0.1) is 0 Å². The van der Waals surface area contributed by atoms with E-state index in [0.717, 1.165) is 6.54 Å². The summed E-state index contributed by atoms with van der Waals surface area (Å²) in [4.78, 5) is 0. The van der Waals surface area contributed by atoms with E-state index in [1.54, 1.807) is 0 Å². The molecule has 0 saturated carbocycles. The van der Waals surface area contributed by atoms with Crippen LogP contribution in [0.2, 0.25) is 26.2 Å². The van der Waals surface area contributed by atoms with Gasteiger partial charge in [-0.3, -0.25) is 0 Å². The molecule has 0 aliphatic rings. The van der Waals surface area contributed by atoms with Gasteiger partial charge in [-0.05, 0) is 5.56 Å². The summed E-state index contributed by atoms with van der Waals surface area (Å²) < 4.78 is 2.70. The number of rotatable bonds is 4. The molecule has 0 aromatic heterocycles. The highest BCUT2D eigenvalue weighted by Crippen LogP contribution is 2.08. The minimum Gasteiger partial charge on any atom is -0.344 e. The zero-order valence-electron chi connectivity index (χ0n) is 9.54. The molecule has 0 spiro atoms. The van der Waals surface area contributed by atoms with Crippen molar-refractivity contribution in [2.24, 2.45) is 0 Å². The Morgan fingerprint density at radius 3 is 1.86 bits per heavy atom. The van der Waals surface area contributed by atoms with Crippen molar-refractivity contribution >= 4 is 17.9 Å². The van der Waals surface area contributed by atoms with Crippen LogP contribution in [0.25, 0.3) is 0 Å². The molecule has 0 atom stereocenters. The van der Waals surface area contributed by atoms with E-state index in [1.165, 1.54) is 5.56 Å². The summed E-state index contributed by atoms with van der Waals surface area (Å²) in [6, 6.07) is 10.8. The van der Waals surface area contributed by atoms with Crippen LogP contribution in [-0.2, 0) is 6.54 Å². The van der Waals surface area contributed by atoms with E-state index in [-0.39, 0.29) is 17.9 Å². The second-order valence-corrected chi connectivity index (χ2v) is 9.28. The summed E-state index contributed by atoms with van der Waals surface area (Å²) >= 11 is 0. The van der Waals surface area contributed by atoms with Crippen molar-refractivity contribution in [3.63, 3.8) is 0 Å². The maximum Gasteiger partial charge on any atom is 0.122 e. The van der Waals surface area contributed by atoms with E-state index in [0.29, 0.717) is 0 Å². The van der Waals surface area contributed by atoms with Gasteiger partial charge in [-0.2, -0.15) is 0 Å². The molecular weight excluding hydrogens is 202 g/mol. The molecule has 0 bridgehead atoms. The van der Waals surface area contributed by atoms with Gasteiger partial charge < -0.3 is 4.23 Å². The largest absolute Gasteiger partial charge is 0.344 e. The van der Waals surface area contributed by atoms with Crippen LogP contribution < -0.4 is 0 Å². The van der Waals surface area contributed by atoms with Crippen molar-refractivity contribution in [1.82, 2.24) is 4.23 Å². The molecular formula is C11H19NSi2. The van der Waals surface area contributed by atoms with E-state index in [1.807, 2.05) is 0 Å². The van der Waals surface area contributed by atoms with Crippen LogP contribution in [0.5, 0.6) is 0 Å². The molecule has 1 rings (SSSR count). The monoisotopic (exact) mass is 221 g/mol. The van der Waals surface area contributed by atoms with Crippen LogP contribution in [0.15, 0.2) is 30.3 Å². The quantitative estimate of drug-likeness (QED) is 0.707. The fourth-order valence-electron chi connectivity index (χ4n) is 1.53. The lowest BCUT2D eigenvalue weighted by Gasteiger charge is -2.28. The zero-order valence-corrected chi connectivity index (χ0v) is 11.5. The zero-order chi connectivity index (χ0) is 10.6. The van der Waals surface area contributed by atoms with Crippen LogP contribution in [0.1, 0.15) is 5.56 Å². The molecule has 0 amide bonds. The third-order valence-electron chi connectivity index (χ3n) is 2.26. The average molecular weight is 221 g/mol. The number of hydrogen-bond acceptors (Lipinski definition) is 1. The first-order valence-corrected chi connectivity index (χ1v) is 9.92. The van der Waals surface area contributed by atoms with Crippen LogP contribution in [0.3, 0.4) is 0 Å². The molecule has 3 heteroatoms. The van der Waals surface area contributed by atoms with Crippen LogP contribution in [0, 0.1) is 0 Å². The second kappa shape index (κ2) is 5.48. The standard InChI is InChI=1S/C11H19NSi2/c1-13(2)12(14(3)4)10-11-8-6-5-7-9-11/h5-9H,10H2,1-4H3. The Balaban J connectivity index is 2.65. The molecule has 0 saturated heterocycles. The average Bonchev–Trinajstić information content (AvgIpc) is 2.15. The highest BCUT2D eigenvalue weighted by molar-refractivity contribution is 6.69. The molecule has 0 unspecified atom stereocenters. The Labute approximate surface area is 91.1 Å². The third kappa shape index (κ3) is 3.40. The highest BCUT2D eigenvalue weighted by Gasteiger charge is 2.15. The Kier molecular flexibility index (Phi) is 4.58. The molecule has 0 N–H and O–H groups in total. The van der Waals surface area contributed by atoms with Crippen molar-refractivity contribution in [2.45, 2.75) is 32.7 Å². The van der Waals surface area contributed by atoms with Crippen LogP contribution >= 0.6 is 0 Å². The maximum absolute atomic E-state index is 2.70. The lowest BCUT2D eigenvalue weighted by atomic mass is 10.2. The molecule has 14 heavy (non-hydrogen) atoms. The van der Waals surface area contributed by atoms with Crippen LogP contribution in [-0.4, -0.2) is 22.1 Å². The minimum absolute atomic E-state index is 0.291. The van der Waals surface area contributed by atoms with Gasteiger partial charge in [0.25, 0.3) is 0 Å². The minimum atomic E-state index is -0.291. The first-order valence-electron chi connectivity index (χ1n) is 5.03. The maximum atomic E-state index is 2.70. The molecule has 0 heterocycles. The smallest absolute Gasteiger partial charge is 0.122 e. The summed E-state index contributed by atoms with van der Waals surface area (Å²) in [5.74, 6) is 0. The second-order valence-electron chi connectivity index (χ2n) is 3.97.